The summed E-state index contributed by atoms with van der Waals surface area (Å²) in [5.41, 5.74) is 2.66. The molecule has 1 aromatic carbocycles. The summed E-state index contributed by atoms with van der Waals surface area (Å²) in [6.45, 7) is 4.09. The van der Waals surface area contributed by atoms with E-state index in [1.54, 1.807) is 6.07 Å². The minimum atomic E-state index is -0.0945. The number of carbonyl (C=O) groups excluding carboxylic acids is 1. The molecule has 100 valence electrons. The normalized spacial score (nSPS) is 10.5. The fraction of sp³-hybridized carbons (Fsp3) is 0.267. The lowest BCUT2D eigenvalue weighted by Crippen LogP contribution is -2.10. The summed E-state index contributed by atoms with van der Waals surface area (Å²) in [6.07, 6.45) is 0.948. The molecule has 2 aromatic rings. The van der Waals surface area contributed by atoms with Gasteiger partial charge in [0.05, 0.1) is 11.5 Å². The summed E-state index contributed by atoms with van der Waals surface area (Å²) in [5.74, 6) is -0.0945. The number of aliphatic hydroxyl groups is 1. The minimum absolute atomic E-state index is 0.0260. The molecule has 0 aliphatic heterocycles. The van der Waals surface area contributed by atoms with Crippen LogP contribution in [0, 0.1) is 6.92 Å². The summed E-state index contributed by atoms with van der Waals surface area (Å²) < 4.78 is 0. The number of aliphatic hydroxyl groups excluding tert-OH is 1. The number of amides is 1. The number of nitrogens with one attached hydrogen (secondary N) is 1. The molecule has 1 aromatic heterocycles. The molecule has 1 amide bonds. The van der Waals surface area contributed by atoms with Gasteiger partial charge >= 0.3 is 0 Å². The van der Waals surface area contributed by atoms with Gasteiger partial charge in [-0.05, 0) is 42.7 Å². The van der Waals surface area contributed by atoms with Gasteiger partial charge in [-0.15, -0.1) is 11.3 Å². The van der Waals surface area contributed by atoms with E-state index in [2.05, 4.69) is 12.2 Å². The lowest BCUT2D eigenvalue weighted by Gasteiger charge is -2.04. The molecule has 0 radical (unpaired) electrons. The Morgan fingerprint density at radius 1 is 1.37 bits per heavy atom. The van der Waals surface area contributed by atoms with Crippen molar-refractivity contribution in [2.45, 2.75) is 26.9 Å². The molecule has 0 fully saturated rings. The van der Waals surface area contributed by atoms with Gasteiger partial charge in [0.2, 0.25) is 0 Å². The van der Waals surface area contributed by atoms with Gasteiger partial charge in [0.1, 0.15) is 0 Å². The van der Waals surface area contributed by atoms with Gasteiger partial charge in [-0.2, -0.15) is 0 Å². The zero-order valence-corrected chi connectivity index (χ0v) is 11.9. The molecule has 0 saturated heterocycles. The molecule has 0 atom stereocenters. The van der Waals surface area contributed by atoms with Gasteiger partial charge < -0.3 is 10.4 Å². The first-order chi connectivity index (χ1) is 9.13. The molecular formula is C15H17NO2S. The number of hydrogen-bond acceptors (Lipinski definition) is 3. The SMILES string of the molecule is CCc1sc(C(=O)Nc2cccc(CO)c2)cc1C. The van der Waals surface area contributed by atoms with Gasteiger partial charge in [-0.3, -0.25) is 4.79 Å². The Morgan fingerprint density at radius 2 is 2.16 bits per heavy atom. The van der Waals surface area contributed by atoms with Crippen LogP contribution in [0.2, 0.25) is 0 Å². The van der Waals surface area contributed by atoms with E-state index in [4.69, 9.17) is 5.11 Å². The molecule has 3 nitrogen and oxygen atoms in total. The highest BCUT2D eigenvalue weighted by atomic mass is 32.1. The molecule has 2 rings (SSSR count). The van der Waals surface area contributed by atoms with Crippen LogP contribution in [0.25, 0.3) is 0 Å². The second kappa shape index (κ2) is 5.99. The molecule has 1 heterocycles. The first kappa shape index (κ1) is 13.8. The number of hydrogen-bond donors (Lipinski definition) is 2. The van der Waals surface area contributed by atoms with Crippen molar-refractivity contribution in [1.29, 1.82) is 0 Å². The van der Waals surface area contributed by atoms with Crippen LogP contribution in [-0.4, -0.2) is 11.0 Å². The first-order valence-electron chi connectivity index (χ1n) is 6.24. The van der Waals surface area contributed by atoms with E-state index in [9.17, 15) is 4.79 Å². The smallest absolute Gasteiger partial charge is 0.265 e. The average Bonchev–Trinajstić information content (AvgIpc) is 2.80. The van der Waals surface area contributed by atoms with Crippen molar-refractivity contribution in [2.24, 2.45) is 0 Å². The zero-order chi connectivity index (χ0) is 13.8. The maximum absolute atomic E-state index is 12.1. The van der Waals surface area contributed by atoms with E-state index >= 15 is 0 Å². The topological polar surface area (TPSA) is 49.3 Å². The van der Waals surface area contributed by atoms with Crippen LogP contribution in [0.5, 0.6) is 0 Å². The zero-order valence-electron chi connectivity index (χ0n) is 11.1. The average molecular weight is 275 g/mol. The largest absolute Gasteiger partial charge is 0.392 e. The highest BCUT2D eigenvalue weighted by molar-refractivity contribution is 7.14. The summed E-state index contributed by atoms with van der Waals surface area (Å²) in [5, 5.41) is 11.9. The Balaban J connectivity index is 2.15. The van der Waals surface area contributed by atoms with Gasteiger partial charge in [0.25, 0.3) is 5.91 Å². The predicted molar refractivity (Wildman–Crippen MR) is 78.8 cm³/mol. The van der Waals surface area contributed by atoms with E-state index < -0.39 is 0 Å². The van der Waals surface area contributed by atoms with E-state index in [0.29, 0.717) is 5.69 Å². The van der Waals surface area contributed by atoms with Crippen molar-refractivity contribution < 1.29 is 9.90 Å². The second-order valence-electron chi connectivity index (χ2n) is 4.38. The number of benzene rings is 1. The molecule has 0 bridgehead atoms. The Hall–Kier alpha value is -1.65. The monoisotopic (exact) mass is 275 g/mol. The Bertz CT molecular complexity index is 590. The molecule has 4 heteroatoms. The molecule has 0 aliphatic carbocycles. The van der Waals surface area contributed by atoms with Crippen LogP contribution >= 0.6 is 11.3 Å². The number of thiophene rings is 1. The molecule has 2 N–H and O–H groups in total. The third-order valence-electron chi connectivity index (χ3n) is 2.93. The van der Waals surface area contributed by atoms with Crippen LogP contribution in [0.15, 0.2) is 30.3 Å². The first-order valence-corrected chi connectivity index (χ1v) is 7.06. The maximum atomic E-state index is 12.1. The summed E-state index contributed by atoms with van der Waals surface area (Å²) >= 11 is 1.54. The van der Waals surface area contributed by atoms with Crippen LogP contribution in [0.1, 0.15) is 32.6 Å². The van der Waals surface area contributed by atoms with Crippen molar-refractivity contribution in [2.75, 3.05) is 5.32 Å². The van der Waals surface area contributed by atoms with Crippen molar-refractivity contribution in [3.63, 3.8) is 0 Å². The molecule has 0 spiro atoms. The highest BCUT2D eigenvalue weighted by Crippen LogP contribution is 2.23. The van der Waals surface area contributed by atoms with Gasteiger partial charge in [-0.1, -0.05) is 19.1 Å². The van der Waals surface area contributed by atoms with Crippen molar-refractivity contribution in [1.82, 2.24) is 0 Å². The van der Waals surface area contributed by atoms with Crippen LogP contribution in [-0.2, 0) is 13.0 Å². The third-order valence-corrected chi connectivity index (χ3v) is 4.31. The number of carbonyl (C=O) groups is 1. The fourth-order valence-electron chi connectivity index (χ4n) is 1.92. The van der Waals surface area contributed by atoms with Crippen molar-refractivity contribution in [3.05, 3.63) is 51.2 Å². The lowest BCUT2D eigenvalue weighted by atomic mass is 10.2. The van der Waals surface area contributed by atoms with E-state index in [1.807, 2.05) is 31.2 Å². The molecule has 0 unspecified atom stereocenters. The van der Waals surface area contributed by atoms with Gasteiger partial charge in [-0.25, -0.2) is 0 Å². The summed E-state index contributed by atoms with van der Waals surface area (Å²) in [7, 11) is 0. The van der Waals surface area contributed by atoms with E-state index in [0.717, 1.165) is 16.9 Å². The Morgan fingerprint density at radius 3 is 2.79 bits per heavy atom. The number of rotatable bonds is 4. The van der Waals surface area contributed by atoms with Crippen LogP contribution < -0.4 is 5.32 Å². The maximum Gasteiger partial charge on any atom is 0.265 e. The highest BCUT2D eigenvalue weighted by Gasteiger charge is 2.11. The minimum Gasteiger partial charge on any atom is -0.392 e. The number of anilines is 1. The number of aryl methyl sites for hydroxylation is 2. The van der Waals surface area contributed by atoms with Crippen LogP contribution in [0.3, 0.4) is 0 Å². The summed E-state index contributed by atoms with van der Waals surface area (Å²) in [4.78, 5) is 14.1. The predicted octanol–water partition coefficient (Wildman–Crippen LogP) is 3.36. The second-order valence-corrected chi connectivity index (χ2v) is 5.52. The van der Waals surface area contributed by atoms with Crippen LogP contribution in [0.4, 0.5) is 5.69 Å². The van der Waals surface area contributed by atoms with Gasteiger partial charge in [0.15, 0.2) is 0 Å². The van der Waals surface area contributed by atoms with Gasteiger partial charge in [0, 0.05) is 10.6 Å². The van der Waals surface area contributed by atoms with Crippen molar-refractivity contribution in [3.8, 4) is 0 Å². The third kappa shape index (κ3) is 3.22. The lowest BCUT2D eigenvalue weighted by molar-refractivity contribution is 0.103. The molecule has 0 saturated carbocycles. The fourth-order valence-corrected chi connectivity index (χ4v) is 2.93. The molecular weight excluding hydrogens is 258 g/mol. The standard InChI is InChI=1S/C15H17NO2S/c1-3-13-10(2)7-14(19-13)15(18)16-12-6-4-5-11(8-12)9-17/h4-8,17H,3,9H2,1-2H3,(H,16,18). The Kier molecular flexibility index (Phi) is 4.35. The quantitative estimate of drug-likeness (QED) is 0.899. The van der Waals surface area contributed by atoms with E-state index in [1.165, 1.54) is 21.8 Å². The van der Waals surface area contributed by atoms with E-state index in [-0.39, 0.29) is 12.5 Å². The Labute approximate surface area is 116 Å². The molecule has 19 heavy (non-hydrogen) atoms. The summed E-state index contributed by atoms with van der Waals surface area (Å²) in [6, 6.07) is 9.16. The molecule has 0 aliphatic rings. The van der Waals surface area contributed by atoms with Crippen molar-refractivity contribution >= 4 is 22.9 Å².